The van der Waals surface area contributed by atoms with Gasteiger partial charge in [0.15, 0.2) is 0 Å². The molecule has 0 aromatic rings. The highest BCUT2D eigenvalue weighted by Crippen LogP contribution is 1.93. The Morgan fingerprint density at radius 3 is 2.00 bits per heavy atom. The third-order valence-electron chi connectivity index (χ3n) is 1.97. The van der Waals surface area contributed by atoms with Crippen molar-refractivity contribution in [1.29, 1.82) is 0 Å². The molecule has 0 atom stereocenters. The zero-order chi connectivity index (χ0) is 10.1. The normalized spacial score (nSPS) is 11.5. The van der Waals surface area contributed by atoms with E-state index in [1.807, 2.05) is 0 Å². The van der Waals surface area contributed by atoms with Crippen LogP contribution in [-0.4, -0.2) is 31.2 Å². The summed E-state index contributed by atoms with van der Waals surface area (Å²) in [6, 6.07) is 0. The van der Waals surface area contributed by atoms with Gasteiger partial charge < -0.3 is 5.32 Å². The summed E-state index contributed by atoms with van der Waals surface area (Å²) in [6.07, 6.45) is 2.51. The average molecular weight is 186 g/mol. The molecule has 0 aliphatic heterocycles. The van der Waals surface area contributed by atoms with Gasteiger partial charge in [-0.15, -0.1) is 0 Å². The van der Waals surface area contributed by atoms with Crippen LogP contribution in [0.2, 0.25) is 0 Å². The Balaban J connectivity index is 3.44. The van der Waals surface area contributed by atoms with E-state index in [1.54, 1.807) is 0 Å². The molecule has 0 heterocycles. The molecule has 1 N–H and O–H groups in total. The average Bonchev–Trinajstić information content (AvgIpc) is 2.04. The second-order valence-electron chi connectivity index (χ2n) is 4.12. The van der Waals surface area contributed by atoms with Gasteiger partial charge in [-0.25, -0.2) is 0 Å². The van der Waals surface area contributed by atoms with E-state index in [1.165, 1.54) is 25.9 Å². The summed E-state index contributed by atoms with van der Waals surface area (Å²) in [7, 11) is 0. The van der Waals surface area contributed by atoms with Gasteiger partial charge in [0, 0.05) is 6.67 Å². The van der Waals surface area contributed by atoms with Gasteiger partial charge in [0.05, 0.1) is 0 Å². The van der Waals surface area contributed by atoms with E-state index in [0.29, 0.717) is 0 Å². The lowest BCUT2D eigenvalue weighted by atomic mass is 10.2. The fourth-order valence-corrected chi connectivity index (χ4v) is 1.41. The second-order valence-corrected chi connectivity index (χ2v) is 4.12. The summed E-state index contributed by atoms with van der Waals surface area (Å²) in [5.41, 5.74) is 0. The number of rotatable bonds is 8. The zero-order valence-corrected chi connectivity index (χ0v) is 9.77. The van der Waals surface area contributed by atoms with Gasteiger partial charge in [-0.3, -0.25) is 4.90 Å². The predicted octanol–water partition coefficient (Wildman–Crippen LogP) is 2.31. The molecule has 0 fully saturated rings. The lowest BCUT2D eigenvalue weighted by Gasteiger charge is -2.21. The van der Waals surface area contributed by atoms with Crippen molar-refractivity contribution in [3.63, 3.8) is 0 Å². The molecular weight excluding hydrogens is 160 g/mol. The molecule has 13 heavy (non-hydrogen) atoms. The highest BCUT2D eigenvalue weighted by Gasteiger charge is 2.01. The van der Waals surface area contributed by atoms with E-state index < -0.39 is 0 Å². The van der Waals surface area contributed by atoms with Gasteiger partial charge in [0.1, 0.15) is 0 Å². The molecule has 0 spiro atoms. The third-order valence-corrected chi connectivity index (χ3v) is 1.97. The molecule has 2 nitrogen and oxygen atoms in total. The number of hydrogen-bond acceptors (Lipinski definition) is 2. The molecular formula is C11H26N2. The van der Waals surface area contributed by atoms with E-state index >= 15 is 0 Å². The van der Waals surface area contributed by atoms with Gasteiger partial charge in [-0.05, 0) is 38.4 Å². The summed E-state index contributed by atoms with van der Waals surface area (Å²) in [4.78, 5) is 2.49. The fourth-order valence-electron chi connectivity index (χ4n) is 1.41. The molecule has 0 saturated heterocycles. The molecule has 0 aromatic carbocycles. The number of nitrogens with one attached hydrogen (secondary N) is 1. The van der Waals surface area contributed by atoms with Crippen LogP contribution in [-0.2, 0) is 0 Å². The molecule has 0 amide bonds. The monoisotopic (exact) mass is 186 g/mol. The maximum Gasteiger partial charge on any atom is 0.0480 e. The standard InChI is InChI=1S/C11H26N2/c1-5-7-13(8-6-2)10-12-9-11(3)4/h11-12H,5-10H2,1-4H3. The first-order valence-electron chi connectivity index (χ1n) is 5.63. The van der Waals surface area contributed by atoms with Crippen molar-refractivity contribution in [1.82, 2.24) is 10.2 Å². The minimum absolute atomic E-state index is 0.755. The highest BCUT2D eigenvalue weighted by molar-refractivity contribution is 4.56. The van der Waals surface area contributed by atoms with Crippen molar-refractivity contribution in [2.75, 3.05) is 26.3 Å². The highest BCUT2D eigenvalue weighted by atomic mass is 15.2. The first-order valence-corrected chi connectivity index (χ1v) is 5.63. The minimum Gasteiger partial charge on any atom is -0.304 e. The Morgan fingerprint density at radius 1 is 1.08 bits per heavy atom. The van der Waals surface area contributed by atoms with Gasteiger partial charge in [-0.2, -0.15) is 0 Å². The maximum absolute atomic E-state index is 3.48. The summed E-state index contributed by atoms with van der Waals surface area (Å²) in [6.45, 7) is 13.6. The molecule has 0 aliphatic rings. The third kappa shape index (κ3) is 8.26. The molecule has 0 radical (unpaired) electrons. The smallest absolute Gasteiger partial charge is 0.0480 e. The molecule has 0 aliphatic carbocycles. The molecule has 80 valence electrons. The lowest BCUT2D eigenvalue weighted by molar-refractivity contribution is 0.249. The quantitative estimate of drug-likeness (QED) is 0.585. The fraction of sp³-hybridized carbons (Fsp3) is 1.00. The van der Waals surface area contributed by atoms with Gasteiger partial charge in [0.2, 0.25) is 0 Å². The van der Waals surface area contributed by atoms with Crippen LogP contribution in [0, 0.1) is 5.92 Å². The predicted molar refractivity (Wildman–Crippen MR) is 59.9 cm³/mol. The summed E-state index contributed by atoms with van der Waals surface area (Å²) < 4.78 is 0. The topological polar surface area (TPSA) is 15.3 Å². The Bertz CT molecular complexity index is 96.3. The SMILES string of the molecule is CCCN(CCC)CNCC(C)C. The maximum atomic E-state index is 3.48. The molecule has 0 saturated carbocycles. The van der Waals surface area contributed by atoms with Crippen LogP contribution < -0.4 is 5.32 Å². The van der Waals surface area contributed by atoms with Crippen LogP contribution >= 0.6 is 0 Å². The van der Waals surface area contributed by atoms with Crippen LogP contribution in [0.3, 0.4) is 0 Å². The Kier molecular flexibility index (Phi) is 8.46. The molecule has 0 rings (SSSR count). The first-order chi connectivity index (χ1) is 6.20. The van der Waals surface area contributed by atoms with Gasteiger partial charge in [0.25, 0.3) is 0 Å². The van der Waals surface area contributed by atoms with Crippen molar-refractivity contribution in [2.45, 2.75) is 40.5 Å². The molecule has 0 aromatic heterocycles. The van der Waals surface area contributed by atoms with E-state index in [0.717, 1.165) is 19.1 Å². The lowest BCUT2D eigenvalue weighted by Crippen LogP contribution is -2.36. The van der Waals surface area contributed by atoms with Crippen LogP contribution in [0.5, 0.6) is 0 Å². The number of nitrogens with zero attached hydrogens (tertiary/aromatic N) is 1. The van der Waals surface area contributed by atoms with Crippen LogP contribution in [0.25, 0.3) is 0 Å². The van der Waals surface area contributed by atoms with Crippen molar-refractivity contribution < 1.29 is 0 Å². The van der Waals surface area contributed by atoms with E-state index in [9.17, 15) is 0 Å². The Morgan fingerprint density at radius 2 is 1.62 bits per heavy atom. The van der Waals surface area contributed by atoms with E-state index in [4.69, 9.17) is 0 Å². The van der Waals surface area contributed by atoms with Crippen molar-refractivity contribution in [3.8, 4) is 0 Å². The second kappa shape index (κ2) is 8.52. The first kappa shape index (κ1) is 12.9. The van der Waals surface area contributed by atoms with E-state index in [2.05, 4.69) is 37.9 Å². The van der Waals surface area contributed by atoms with Gasteiger partial charge in [-0.1, -0.05) is 27.7 Å². The summed E-state index contributed by atoms with van der Waals surface area (Å²) >= 11 is 0. The Hall–Kier alpha value is -0.0800. The van der Waals surface area contributed by atoms with Gasteiger partial charge >= 0.3 is 0 Å². The van der Waals surface area contributed by atoms with Crippen molar-refractivity contribution in [3.05, 3.63) is 0 Å². The molecule has 0 unspecified atom stereocenters. The van der Waals surface area contributed by atoms with Crippen LogP contribution in [0.1, 0.15) is 40.5 Å². The van der Waals surface area contributed by atoms with E-state index in [-0.39, 0.29) is 0 Å². The zero-order valence-electron chi connectivity index (χ0n) is 9.77. The van der Waals surface area contributed by atoms with Crippen LogP contribution in [0.4, 0.5) is 0 Å². The molecule has 0 bridgehead atoms. The summed E-state index contributed by atoms with van der Waals surface area (Å²) in [5.74, 6) is 0.755. The Labute approximate surface area is 83.7 Å². The van der Waals surface area contributed by atoms with Crippen LogP contribution in [0.15, 0.2) is 0 Å². The van der Waals surface area contributed by atoms with Crippen molar-refractivity contribution in [2.24, 2.45) is 5.92 Å². The number of hydrogen-bond donors (Lipinski definition) is 1. The largest absolute Gasteiger partial charge is 0.304 e. The summed E-state index contributed by atoms with van der Waals surface area (Å²) in [5, 5.41) is 3.48. The minimum atomic E-state index is 0.755. The van der Waals surface area contributed by atoms with Crippen molar-refractivity contribution >= 4 is 0 Å². The molecule has 2 heteroatoms.